The molecule has 0 aliphatic carbocycles. The van der Waals surface area contributed by atoms with E-state index in [-0.39, 0.29) is 21.4 Å². The second-order valence-corrected chi connectivity index (χ2v) is 4.97. The Morgan fingerprint density at radius 3 is 2.62 bits per heavy atom. The van der Waals surface area contributed by atoms with Gasteiger partial charge in [0.1, 0.15) is 11.4 Å². The quantitative estimate of drug-likeness (QED) is 0.502. The summed E-state index contributed by atoms with van der Waals surface area (Å²) in [6.07, 6.45) is 0. The number of halogens is 2. The molecule has 1 amide bonds. The molecule has 0 aliphatic rings. The molecule has 6 nitrogen and oxygen atoms in total. The number of hydrogen-bond donors (Lipinski definition) is 2. The minimum absolute atomic E-state index is 0.166. The van der Waals surface area contributed by atoms with Crippen LogP contribution in [0.25, 0.3) is 0 Å². The van der Waals surface area contributed by atoms with E-state index in [9.17, 15) is 19.3 Å². The summed E-state index contributed by atoms with van der Waals surface area (Å²) < 4.78 is 13.3. The van der Waals surface area contributed by atoms with Gasteiger partial charge in [-0.2, -0.15) is 0 Å². The summed E-state index contributed by atoms with van der Waals surface area (Å²) in [6.45, 7) is 0. The fourth-order valence-corrected chi connectivity index (χ4v) is 2.05. The molecule has 0 atom stereocenters. The Bertz CT molecular complexity index is 737. The second-order valence-electron chi connectivity index (χ2n) is 4.12. The maximum atomic E-state index is 13.1. The highest BCUT2D eigenvalue weighted by Gasteiger charge is 2.20. The first-order valence-corrected chi connectivity index (χ1v) is 6.48. The minimum Gasteiger partial charge on any atom is -0.399 e. The first-order valence-electron chi connectivity index (χ1n) is 5.69. The van der Waals surface area contributed by atoms with Gasteiger partial charge in [-0.05, 0) is 46.3 Å². The summed E-state index contributed by atoms with van der Waals surface area (Å²) in [5, 5.41) is 13.4. The van der Waals surface area contributed by atoms with Gasteiger partial charge in [-0.25, -0.2) is 4.39 Å². The number of benzene rings is 2. The van der Waals surface area contributed by atoms with Crippen molar-refractivity contribution < 1.29 is 14.1 Å². The summed E-state index contributed by atoms with van der Waals surface area (Å²) in [5.41, 5.74) is 5.54. The van der Waals surface area contributed by atoms with Crippen molar-refractivity contribution in [2.24, 2.45) is 0 Å². The maximum absolute atomic E-state index is 13.1. The number of nitrogens with one attached hydrogen (secondary N) is 1. The molecule has 0 spiro atoms. The topological polar surface area (TPSA) is 98.3 Å². The second kappa shape index (κ2) is 5.88. The van der Waals surface area contributed by atoms with E-state index in [1.54, 1.807) is 0 Å². The van der Waals surface area contributed by atoms with E-state index in [0.29, 0.717) is 5.69 Å². The predicted molar refractivity (Wildman–Crippen MR) is 79.6 cm³/mol. The van der Waals surface area contributed by atoms with Crippen LogP contribution in [-0.4, -0.2) is 10.8 Å². The van der Waals surface area contributed by atoms with Gasteiger partial charge in [0.2, 0.25) is 0 Å². The zero-order valence-electron chi connectivity index (χ0n) is 10.5. The molecule has 0 radical (unpaired) electrons. The zero-order chi connectivity index (χ0) is 15.6. The fraction of sp³-hybridized carbons (Fsp3) is 0. The van der Waals surface area contributed by atoms with E-state index in [0.717, 1.165) is 12.1 Å². The van der Waals surface area contributed by atoms with Crippen LogP contribution in [0.1, 0.15) is 10.4 Å². The molecule has 0 fully saturated rings. The average molecular weight is 354 g/mol. The van der Waals surface area contributed by atoms with Gasteiger partial charge >= 0.3 is 0 Å². The summed E-state index contributed by atoms with van der Waals surface area (Å²) in [4.78, 5) is 22.4. The normalized spacial score (nSPS) is 10.2. The Hall–Kier alpha value is -2.48. The molecule has 8 heteroatoms. The molecule has 2 aromatic carbocycles. The van der Waals surface area contributed by atoms with Gasteiger partial charge < -0.3 is 11.1 Å². The van der Waals surface area contributed by atoms with E-state index >= 15 is 0 Å². The molecule has 0 aromatic heterocycles. The lowest BCUT2D eigenvalue weighted by atomic mass is 10.1. The first kappa shape index (κ1) is 14.9. The molecule has 0 bridgehead atoms. The lowest BCUT2D eigenvalue weighted by Gasteiger charge is -2.07. The lowest BCUT2D eigenvalue weighted by Crippen LogP contribution is -2.14. The Labute approximate surface area is 127 Å². The maximum Gasteiger partial charge on any atom is 0.282 e. The third kappa shape index (κ3) is 3.34. The number of nitrogens with zero attached hydrogens (tertiary/aromatic N) is 1. The van der Waals surface area contributed by atoms with E-state index in [1.165, 1.54) is 24.3 Å². The van der Waals surface area contributed by atoms with Gasteiger partial charge in [-0.15, -0.1) is 0 Å². The van der Waals surface area contributed by atoms with Crippen LogP contribution in [0, 0.1) is 15.9 Å². The molecule has 0 unspecified atom stereocenters. The Kier molecular flexibility index (Phi) is 4.18. The van der Waals surface area contributed by atoms with Crippen LogP contribution in [0.5, 0.6) is 0 Å². The molecular formula is C13H9BrFN3O3. The molecule has 0 saturated carbocycles. The number of nitrogens with two attached hydrogens (primary N) is 1. The number of carbonyl (C=O) groups is 1. The lowest BCUT2D eigenvalue weighted by molar-refractivity contribution is -0.385. The monoisotopic (exact) mass is 353 g/mol. The number of rotatable bonds is 3. The number of nitro groups is 1. The summed E-state index contributed by atoms with van der Waals surface area (Å²) in [7, 11) is 0. The van der Waals surface area contributed by atoms with Gasteiger partial charge in [0.05, 0.1) is 9.40 Å². The fourth-order valence-electron chi connectivity index (χ4n) is 1.67. The van der Waals surface area contributed by atoms with Crippen LogP contribution < -0.4 is 11.1 Å². The van der Waals surface area contributed by atoms with E-state index in [4.69, 9.17) is 5.73 Å². The highest BCUT2D eigenvalue weighted by Crippen LogP contribution is 2.24. The number of carbonyl (C=O) groups excluding carboxylic acids is 1. The van der Waals surface area contributed by atoms with Crippen molar-refractivity contribution in [3.63, 3.8) is 0 Å². The number of hydrogen-bond acceptors (Lipinski definition) is 4. The van der Waals surface area contributed by atoms with Crippen LogP contribution >= 0.6 is 15.9 Å². The molecular weight excluding hydrogens is 345 g/mol. The van der Waals surface area contributed by atoms with Crippen molar-refractivity contribution in [1.82, 2.24) is 0 Å². The smallest absolute Gasteiger partial charge is 0.282 e. The average Bonchev–Trinajstić information content (AvgIpc) is 2.42. The number of nitro benzene ring substituents is 1. The van der Waals surface area contributed by atoms with Crippen molar-refractivity contribution in [2.45, 2.75) is 0 Å². The van der Waals surface area contributed by atoms with Crippen molar-refractivity contribution >= 4 is 38.9 Å². The number of amides is 1. The number of anilines is 2. The molecule has 0 heterocycles. The molecule has 3 N–H and O–H groups in total. The summed E-state index contributed by atoms with van der Waals surface area (Å²) in [6, 6.07) is 7.56. The van der Waals surface area contributed by atoms with Gasteiger partial charge in [-0.1, -0.05) is 0 Å². The van der Waals surface area contributed by atoms with Crippen LogP contribution in [0.15, 0.2) is 40.9 Å². The SMILES string of the molecule is Nc1ccc([N+](=O)[O-])c(C(=O)Nc2ccc(F)c(Br)c2)c1. The predicted octanol–water partition coefficient (Wildman–Crippen LogP) is 3.33. The van der Waals surface area contributed by atoms with Gasteiger partial charge in [0.25, 0.3) is 11.6 Å². The largest absolute Gasteiger partial charge is 0.399 e. The van der Waals surface area contributed by atoms with Crippen LogP contribution in [0.4, 0.5) is 21.5 Å². The Morgan fingerprint density at radius 1 is 1.29 bits per heavy atom. The summed E-state index contributed by atoms with van der Waals surface area (Å²) >= 11 is 2.99. The van der Waals surface area contributed by atoms with Crippen molar-refractivity contribution in [2.75, 3.05) is 11.1 Å². The molecule has 2 rings (SSSR count). The zero-order valence-corrected chi connectivity index (χ0v) is 12.1. The van der Waals surface area contributed by atoms with Gasteiger partial charge in [-0.3, -0.25) is 14.9 Å². The highest BCUT2D eigenvalue weighted by molar-refractivity contribution is 9.10. The van der Waals surface area contributed by atoms with E-state index < -0.39 is 16.6 Å². The van der Waals surface area contributed by atoms with Crippen molar-refractivity contribution in [1.29, 1.82) is 0 Å². The van der Waals surface area contributed by atoms with E-state index in [1.807, 2.05) is 0 Å². The van der Waals surface area contributed by atoms with Gasteiger partial charge in [0, 0.05) is 17.4 Å². The Balaban J connectivity index is 2.34. The molecule has 0 aliphatic heterocycles. The molecule has 108 valence electrons. The third-order valence-electron chi connectivity index (χ3n) is 2.64. The first-order chi connectivity index (χ1) is 9.88. The van der Waals surface area contributed by atoms with Gasteiger partial charge in [0.15, 0.2) is 0 Å². The van der Waals surface area contributed by atoms with Crippen LogP contribution in [0.3, 0.4) is 0 Å². The van der Waals surface area contributed by atoms with Crippen LogP contribution in [0.2, 0.25) is 0 Å². The van der Waals surface area contributed by atoms with Crippen LogP contribution in [-0.2, 0) is 0 Å². The number of nitrogen functional groups attached to an aromatic ring is 1. The van der Waals surface area contributed by atoms with Crippen molar-refractivity contribution in [3.8, 4) is 0 Å². The highest BCUT2D eigenvalue weighted by atomic mass is 79.9. The van der Waals surface area contributed by atoms with E-state index in [2.05, 4.69) is 21.2 Å². The third-order valence-corrected chi connectivity index (χ3v) is 3.25. The molecule has 2 aromatic rings. The Morgan fingerprint density at radius 2 is 2.00 bits per heavy atom. The van der Waals surface area contributed by atoms with Crippen molar-refractivity contribution in [3.05, 3.63) is 62.4 Å². The minimum atomic E-state index is -0.701. The summed E-state index contributed by atoms with van der Waals surface area (Å²) in [5.74, 6) is -1.18. The molecule has 21 heavy (non-hydrogen) atoms. The molecule has 0 saturated heterocycles. The standard InChI is InChI=1S/C13H9BrFN3O3/c14-10-6-8(2-3-11(10)15)17-13(19)9-5-7(16)1-4-12(9)18(20)21/h1-6H,16H2,(H,17,19).